The Labute approximate surface area is 121 Å². The Morgan fingerprint density at radius 3 is 2.80 bits per heavy atom. The number of hydrogen-bond acceptors (Lipinski definition) is 4. The number of ether oxygens (including phenoxy) is 2. The van der Waals surface area contributed by atoms with Crippen molar-refractivity contribution in [3.05, 3.63) is 22.7 Å². The van der Waals surface area contributed by atoms with Crippen LogP contribution in [0.2, 0.25) is 5.02 Å². The van der Waals surface area contributed by atoms with Crippen molar-refractivity contribution in [3.8, 4) is 11.5 Å². The van der Waals surface area contributed by atoms with Gasteiger partial charge in [0.15, 0.2) is 11.5 Å². The average Bonchev–Trinajstić information content (AvgIpc) is 3.08. The zero-order valence-electron chi connectivity index (χ0n) is 10.9. The van der Waals surface area contributed by atoms with Gasteiger partial charge in [-0.05, 0) is 25.0 Å². The molecular formula is C14H16ClNO4. The van der Waals surface area contributed by atoms with E-state index in [2.05, 4.69) is 5.32 Å². The molecule has 1 aliphatic carbocycles. The minimum atomic E-state index is -0.500. The van der Waals surface area contributed by atoms with E-state index in [0.717, 1.165) is 25.7 Å². The van der Waals surface area contributed by atoms with Crippen molar-refractivity contribution in [2.24, 2.45) is 0 Å². The van der Waals surface area contributed by atoms with Crippen molar-refractivity contribution < 1.29 is 19.4 Å². The van der Waals surface area contributed by atoms with Crippen LogP contribution in [0, 0.1) is 0 Å². The van der Waals surface area contributed by atoms with Gasteiger partial charge in [-0.3, -0.25) is 4.79 Å². The zero-order valence-corrected chi connectivity index (χ0v) is 11.7. The standard InChI is InChI=1S/C14H16ClNO4/c15-10-5-9(6-11-12(10)20-8-19-11)13(18)16-14(7-17)3-1-2-4-14/h5-6,17H,1-4,7-8H2,(H,16,18). The van der Waals surface area contributed by atoms with E-state index in [9.17, 15) is 9.90 Å². The largest absolute Gasteiger partial charge is 0.454 e. The molecule has 5 nitrogen and oxygen atoms in total. The number of halogens is 1. The van der Waals surface area contributed by atoms with E-state index in [1.165, 1.54) is 0 Å². The van der Waals surface area contributed by atoms with Crippen molar-refractivity contribution in [2.45, 2.75) is 31.2 Å². The van der Waals surface area contributed by atoms with Crippen LogP contribution in [-0.4, -0.2) is 30.0 Å². The lowest BCUT2D eigenvalue weighted by Gasteiger charge is -2.28. The molecule has 6 heteroatoms. The number of rotatable bonds is 3. The first-order valence-electron chi connectivity index (χ1n) is 6.66. The van der Waals surface area contributed by atoms with Crippen LogP contribution >= 0.6 is 11.6 Å². The lowest BCUT2D eigenvalue weighted by Crippen LogP contribution is -2.49. The molecule has 20 heavy (non-hydrogen) atoms. The average molecular weight is 298 g/mol. The normalized spacial score (nSPS) is 19.1. The molecule has 108 valence electrons. The van der Waals surface area contributed by atoms with Crippen molar-refractivity contribution in [1.82, 2.24) is 5.32 Å². The molecule has 3 rings (SSSR count). The number of carbonyl (C=O) groups excluding carboxylic acids is 1. The van der Waals surface area contributed by atoms with E-state index in [1.807, 2.05) is 0 Å². The third kappa shape index (κ3) is 2.31. The summed E-state index contributed by atoms with van der Waals surface area (Å²) in [5.74, 6) is 0.703. The van der Waals surface area contributed by atoms with Crippen molar-refractivity contribution in [3.63, 3.8) is 0 Å². The maximum atomic E-state index is 12.3. The Hall–Kier alpha value is -1.46. The molecule has 1 aromatic carbocycles. The van der Waals surface area contributed by atoms with Crippen LogP contribution in [0.1, 0.15) is 36.0 Å². The molecule has 0 unspecified atom stereocenters. The lowest BCUT2D eigenvalue weighted by molar-refractivity contribution is 0.0838. The number of amides is 1. The minimum absolute atomic E-state index is 0.0446. The van der Waals surface area contributed by atoms with Crippen molar-refractivity contribution in [2.75, 3.05) is 13.4 Å². The summed E-state index contributed by atoms with van der Waals surface area (Å²) >= 11 is 6.07. The summed E-state index contributed by atoms with van der Waals surface area (Å²) in [5.41, 5.74) is -0.0844. The third-order valence-electron chi connectivity index (χ3n) is 3.93. The first kappa shape index (κ1) is 13.5. The second-order valence-electron chi connectivity index (χ2n) is 5.29. The van der Waals surface area contributed by atoms with Gasteiger partial charge in [0.1, 0.15) is 0 Å². The highest BCUT2D eigenvalue weighted by Crippen LogP contribution is 2.40. The monoisotopic (exact) mass is 297 g/mol. The van der Waals surface area contributed by atoms with E-state index in [1.54, 1.807) is 12.1 Å². The number of aliphatic hydroxyl groups excluding tert-OH is 1. The van der Waals surface area contributed by atoms with Crippen molar-refractivity contribution in [1.29, 1.82) is 0 Å². The van der Waals surface area contributed by atoms with E-state index in [0.29, 0.717) is 22.1 Å². The highest BCUT2D eigenvalue weighted by Gasteiger charge is 2.35. The van der Waals surface area contributed by atoms with Crippen LogP contribution in [0.25, 0.3) is 0 Å². The Balaban J connectivity index is 1.82. The second-order valence-corrected chi connectivity index (χ2v) is 5.70. The van der Waals surface area contributed by atoms with Crippen LogP contribution < -0.4 is 14.8 Å². The molecule has 0 saturated heterocycles. The summed E-state index contributed by atoms with van der Waals surface area (Å²) < 4.78 is 10.5. The number of fused-ring (bicyclic) bond motifs is 1. The zero-order chi connectivity index (χ0) is 14.2. The van der Waals surface area contributed by atoms with Gasteiger partial charge in [-0.2, -0.15) is 0 Å². The summed E-state index contributed by atoms with van der Waals surface area (Å²) in [6.07, 6.45) is 3.63. The summed E-state index contributed by atoms with van der Waals surface area (Å²) in [7, 11) is 0. The first-order valence-corrected chi connectivity index (χ1v) is 7.04. The van der Waals surface area contributed by atoms with Gasteiger partial charge in [0, 0.05) is 5.56 Å². The molecule has 1 fully saturated rings. The van der Waals surface area contributed by atoms with Crippen molar-refractivity contribution >= 4 is 17.5 Å². The molecule has 1 heterocycles. The summed E-state index contributed by atoms with van der Waals surface area (Å²) in [5, 5.41) is 12.8. The van der Waals surface area contributed by atoms with Gasteiger partial charge in [-0.1, -0.05) is 24.4 Å². The van der Waals surface area contributed by atoms with Gasteiger partial charge in [0.25, 0.3) is 5.91 Å². The summed E-state index contributed by atoms with van der Waals surface area (Å²) in [6.45, 7) is 0.0672. The van der Waals surface area contributed by atoms with Crippen LogP contribution in [0.4, 0.5) is 0 Å². The molecule has 2 N–H and O–H groups in total. The SMILES string of the molecule is O=C(NC1(CO)CCCC1)c1cc(Cl)c2c(c1)OCO2. The van der Waals surface area contributed by atoms with E-state index in [-0.39, 0.29) is 19.3 Å². The number of hydrogen-bond donors (Lipinski definition) is 2. The minimum Gasteiger partial charge on any atom is -0.454 e. The van der Waals surface area contributed by atoms with Crippen LogP contribution in [0.5, 0.6) is 11.5 Å². The maximum absolute atomic E-state index is 12.3. The Bertz CT molecular complexity index is 540. The van der Waals surface area contributed by atoms with Crippen LogP contribution in [-0.2, 0) is 0 Å². The third-order valence-corrected chi connectivity index (χ3v) is 4.21. The Kier molecular flexibility index (Phi) is 3.48. The second kappa shape index (κ2) is 5.14. The number of carbonyl (C=O) groups is 1. The highest BCUT2D eigenvalue weighted by molar-refractivity contribution is 6.32. The smallest absolute Gasteiger partial charge is 0.251 e. The highest BCUT2D eigenvalue weighted by atomic mass is 35.5. The lowest BCUT2D eigenvalue weighted by atomic mass is 9.98. The molecule has 2 aliphatic rings. The molecule has 0 bridgehead atoms. The molecule has 1 amide bonds. The Morgan fingerprint density at radius 1 is 1.35 bits per heavy atom. The van der Waals surface area contributed by atoms with Gasteiger partial charge in [-0.25, -0.2) is 0 Å². The fourth-order valence-electron chi connectivity index (χ4n) is 2.79. The van der Waals surface area contributed by atoms with Gasteiger partial charge >= 0.3 is 0 Å². The topological polar surface area (TPSA) is 67.8 Å². The van der Waals surface area contributed by atoms with E-state index in [4.69, 9.17) is 21.1 Å². The van der Waals surface area contributed by atoms with Gasteiger partial charge < -0.3 is 19.9 Å². The Morgan fingerprint density at radius 2 is 2.10 bits per heavy atom. The maximum Gasteiger partial charge on any atom is 0.251 e. The molecule has 0 radical (unpaired) electrons. The number of nitrogens with one attached hydrogen (secondary N) is 1. The van der Waals surface area contributed by atoms with E-state index < -0.39 is 5.54 Å². The molecule has 0 atom stereocenters. The predicted octanol–water partition coefficient (Wildman–Crippen LogP) is 2.10. The molecule has 0 aromatic heterocycles. The first-order chi connectivity index (χ1) is 9.63. The predicted molar refractivity (Wildman–Crippen MR) is 73.3 cm³/mol. The molecule has 1 aliphatic heterocycles. The molecule has 1 saturated carbocycles. The summed E-state index contributed by atoms with van der Waals surface area (Å²) in [6, 6.07) is 3.17. The van der Waals surface area contributed by atoms with Gasteiger partial charge in [-0.15, -0.1) is 0 Å². The fraction of sp³-hybridized carbons (Fsp3) is 0.500. The molecule has 0 spiro atoms. The van der Waals surface area contributed by atoms with Crippen LogP contribution in [0.15, 0.2) is 12.1 Å². The van der Waals surface area contributed by atoms with Crippen LogP contribution in [0.3, 0.4) is 0 Å². The number of aliphatic hydroxyl groups is 1. The molecule has 1 aromatic rings. The van der Waals surface area contributed by atoms with Gasteiger partial charge in [0.05, 0.1) is 17.2 Å². The molecular weight excluding hydrogens is 282 g/mol. The quantitative estimate of drug-likeness (QED) is 0.896. The summed E-state index contributed by atoms with van der Waals surface area (Å²) in [4.78, 5) is 12.3. The van der Waals surface area contributed by atoms with E-state index >= 15 is 0 Å². The number of benzene rings is 1. The van der Waals surface area contributed by atoms with Gasteiger partial charge in [0.2, 0.25) is 6.79 Å². The fourth-order valence-corrected chi connectivity index (χ4v) is 3.05.